The summed E-state index contributed by atoms with van der Waals surface area (Å²) in [5, 5.41) is 9.46. The van der Waals surface area contributed by atoms with Gasteiger partial charge in [0.1, 0.15) is 10.4 Å². The van der Waals surface area contributed by atoms with E-state index >= 15 is 0 Å². The number of aliphatic carboxylic acids is 1. The van der Waals surface area contributed by atoms with Crippen LogP contribution in [0.3, 0.4) is 0 Å². The van der Waals surface area contributed by atoms with E-state index < -0.39 is 12.0 Å². The van der Waals surface area contributed by atoms with E-state index in [0.29, 0.717) is 21.4 Å². The van der Waals surface area contributed by atoms with Crippen molar-refractivity contribution in [1.82, 2.24) is 4.90 Å². The van der Waals surface area contributed by atoms with Crippen molar-refractivity contribution in [3.8, 4) is 0 Å². The number of thiocarbonyl (C=S) groups is 1. The Morgan fingerprint density at radius 2 is 2.04 bits per heavy atom. The van der Waals surface area contributed by atoms with E-state index in [1.54, 1.807) is 17.8 Å². The molecule has 8 heteroatoms. The first-order valence-corrected chi connectivity index (χ1v) is 10.2. The zero-order chi connectivity index (χ0) is 18.6. The topological polar surface area (TPSA) is 60.9 Å². The van der Waals surface area contributed by atoms with Crippen LogP contribution in [0.1, 0.15) is 12.0 Å². The van der Waals surface area contributed by atoms with Gasteiger partial charge in [0, 0.05) is 19.8 Å². The maximum Gasteiger partial charge on any atom is 0.326 e. The molecule has 0 aromatic heterocycles. The minimum absolute atomic E-state index is 0.301. The zero-order valence-electron chi connectivity index (χ0n) is 14.3. The van der Waals surface area contributed by atoms with Gasteiger partial charge in [0.05, 0.1) is 4.91 Å². The van der Waals surface area contributed by atoms with E-state index in [1.807, 2.05) is 49.5 Å². The second-order valence-electron chi connectivity index (χ2n) is 5.67. The molecule has 1 aromatic rings. The minimum atomic E-state index is -1.03. The molecule has 1 fully saturated rings. The molecule has 1 aromatic carbocycles. The Balaban J connectivity index is 2.23. The number of nitrogens with zero attached hydrogens (tertiary/aromatic N) is 2. The number of benzene rings is 1. The molecule has 1 aliphatic heterocycles. The molecule has 1 saturated heterocycles. The Morgan fingerprint density at radius 1 is 1.40 bits per heavy atom. The van der Waals surface area contributed by atoms with Crippen LogP contribution in [0.4, 0.5) is 5.69 Å². The first-order chi connectivity index (χ1) is 11.8. The summed E-state index contributed by atoms with van der Waals surface area (Å²) >= 11 is 7.96. The van der Waals surface area contributed by atoms with Gasteiger partial charge in [-0.25, -0.2) is 4.79 Å². The van der Waals surface area contributed by atoms with Crippen LogP contribution >= 0.6 is 35.7 Å². The summed E-state index contributed by atoms with van der Waals surface area (Å²) in [4.78, 5) is 27.9. The number of hydrogen-bond acceptors (Lipinski definition) is 6. The molecule has 0 saturated carbocycles. The number of thioether (sulfide) groups is 2. The summed E-state index contributed by atoms with van der Waals surface area (Å²) in [5.74, 6) is -0.707. The minimum Gasteiger partial charge on any atom is -0.480 e. The van der Waals surface area contributed by atoms with Crippen LogP contribution in [0.15, 0.2) is 29.2 Å². The van der Waals surface area contributed by atoms with Gasteiger partial charge in [0.25, 0.3) is 5.91 Å². The highest BCUT2D eigenvalue weighted by Gasteiger charge is 2.40. The van der Waals surface area contributed by atoms with Crippen LogP contribution in [0.25, 0.3) is 6.08 Å². The number of carbonyl (C=O) groups is 2. The van der Waals surface area contributed by atoms with E-state index in [9.17, 15) is 14.7 Å². The van der Waals surface area contributed by atoms with Crippen molar-refractivity contribution in [2.24, 2.45) is 0 Å². The highest BCUT2D eigenvalue weighted by atomic mass is 32.2. The highest BCUT2D eigenvalue weighted by Crippen LogP contribution is 2.35. The largest absolute Gasteiger partial charge is 0.480 e. The van der Waals surface area contributed by atoms with Crippen molar-refractivity contribution in [3.05, 3.63) is 34.7 Å². The predicted molar refractivity (Wildman–Crippen MR) is 110 cm³/mol. The van der Waals surface area contributed by atoms with Gasteiger partial charge in [0.2, 0.25) is 0 Å². The SMILES string of the molecule is CSCC[C@H](C(=O)O)N1C(=O)/C(=C\c2ccc(N(C)C)cc2)SC1=S. The number of rotatable bonds is 7. The molecule has 1 aliphatic rings. The zero-order valence-corrected chi connectivity index (χ0v) is 16.7. The average molecular weight is 397 g/mol. The number of amides is 1. The third-order valence-corrected chi connectivity index (χ3v) is 5.70. The van der Waals surface area contributed by atoms with E-state index in [4.69, 9.17) is 12.2 Å². The maximum absolute atomic E-state index is 12.7. The van der Waals surface area contributed by atoms with Crippen molar-refractivity contribution in [2.45, 2.75) is 12.5 Å². The van der Waals surface area contributed by atoms with E-state index in [-0.39, 0.29) is 5.91 Å². The van der Waals surface area contributed by atoms with Gasteiger partial charge in [-0.3, -0.25) is 9.69 Å². The number of hydrogen-bond donors (Lipinski definition) is 1. The molecule has 0 spiro atoms. The fourth-order valence-electron chi connectivity index (χ4n) is 2.36. The Bertz CT molecular complexity index is 702. The molecule has 1 amide bonds. The molecule has 5 nitrogen and oxygen atoms in total. The number of carboxylic acids is 1. The van der Waals surface area contributed by atoms with Gasteiger partial charge in [0.15, 0.2) is 0 Å². The molecule has 2 rings (SSSR count). The van der Waals surface area contributed by atoms with Gasteiger partial charge in [-0.1, -0.05) is 36.1 Å². The quantitative estimate of drug-likeness (QED) is 0.561. The Morgan fingerprint density at radius 3 is 2.56 bits per heavy atom. The van der Waals surface area contributed by atoms with E-state index in [0.717, 1.165) is 23.0 Å². The summed E-state index contributed by atoms with van der Waals surface area (Å²) in [5.41, 5.74) is 1.94. The standard InChI is InChI=1S/C17H20N2O3S3/c1-18(2)12-6-4-11(5-7-12)10-14-15(20)19(17(23)25-14)13(16(21)22)8-9-24-3/h4-7,10,13H,8-9H2,1-3H3,(H,21,22)/b14-10+/t13-/m1/s1. The van der Waals surface area contributed by atoms with Gasteiger partial charge < -0.3 is 10.0 Å². The lowest BCUT2D eigenvalue weighted by molar-refractivity contribution is -0.145. The lowest BCUT2D eigenvalue weighted by Crippen LogP contribution is -2.44. The molecular formula is C17H20N2O3S3. The van der Waals surface area contributed by atoms with Gasteiger partial charge in [-0.15, -0.1) is 0 Å². The Hall–Kier alpha value is -1.51. The smallest absolute Gasteiger partial charge is 0.326 e. The van der Waals surface area contributed by atoms with Crippen LogP contribution in [-0.2, 0) is 9.59 Å². The Kier molecular flexibility index (Phi) is 6.92. The van der Waals surface area contributed by atoms with Crippen molar-refractivity contribution >= 4 is 63.7 Å². The molecule has 1 atom stereocenters. The predicted octanol–water partition coefficient (Wildman–Crippen LogP) is 3.16. The van der Waals surface area contributed by atoms with Gasteiger partial charge in [-0.05, 0) is 42.2 Å². The number of anilines is 1. The van der Waals surface area contributed by atoms with Crippen molar-refractivity contribution < 1.29 is 14.7 Å². The summed E-state index contributed by atoms with van der Waals surface area (Å²) in [6.07, 6.45) is 4.03. The average Bonchev–Trinajstić information content (AvgIpc) is 2.83. The van der Waals surface area contributed by atoms with Crippen LogP contribution in [0.2, 0.25) is 0 Å². The summed E-state index contributed by atoms with van der Waals surface area (Å²) in [7, 11) is 3.92. The van der Waals surface area contributed by atoms with Crippen LogP contribution < -0.4 is 4.90 Å². The van der Waals surface area contributed by atoms with Crippen LogP contribution in [0, 0.1) is 0 Å². The van der Waals surface area contributed by atoms with Gasteiger partial charge >= 0.3 is 5.97 Å². The normalized spacial score (nSPS) is 17.2. The second-order valence-corrected chi connectivity index (χ2v) is 8.33. The third-order valence-electron chi connectivity index (χ3n) is 3.72. The van der Waals surface area contributed by atoms with Crippen molar-refractivity contribution in [2.75, 3.05) is 31.0 Å². The first-order valence-electron chi connectivity index (χ1n) is 7.61. The Labute approximate surface area is 161 Å². The summed E-state index contributed by atoms with van der Waals surface area (Å²) in [6, 6.07) is 6.85. The second kappa shape index (κ2) is 8.73. The molecule has 134 valence electrons. The molecule has 0 bridgehead atoms. The van der Waals surface area contributed by atoms with Crippen LogP contribution in [0.5, 0.6) is 0 Å². The third kappa shape index (κ3) is 4.77. The maximum atomic E-state index is 12.7. The fraction of sp³-hybridized carbons (Fsp3) is 0.353. The molecule has 0 radical (unpaired) electrons. The first kappa shape index (κ1) is 19.8. The molecule has 1 N–H and O–H groups in total. The monoisotopic (exact) mass is 396 g/mol. The summed E-state index contributed by atoms with van der Waals surface area (Å²) in [6.45, 7) is 0. The van der Waals surface area contributed by atoms with Crippen molar-refractivity contribution in [3.63, 3.8) is 0 Å². The van der Waals surface area contributed by atoms with E-state index in [2.05, 4.69) is 0 Å². The van der Waals surface area contributed by atoms with Gasteiger partial charge in [-0.2, -0.15) is 11.8 Å². The fourth-order valence-corrected chi connectivity index (χ4v) is 4.18. The highest BCUT2D eigenvalue weighted by molar-refractivity contribution is 8.26. The molecule has 25 heavy (non-hydrogen) atoms. The lowest BCUT2D eigenvalue weighted by atomic mass is 10.1. The molecule has 0 unspecified atom stereocenters. The molecule has 1 heterocycles. The van der Waals surface area contributed by atoms with Crippen molar-refractivity contribution in [1.29, 1.82) is 0 Å². The lowest BCUT2D eigenvalue weighted by Gasteiger charge is -2.22. The number of carboxylic acid groups (broad SMARTS) is 1. The summed E-state index contributed by atoms with van der Waals surface area (Å²) < 4.78 is 0.301. The van der Waals surface area contributed by atoms with Crippen LogP contribution in [-0.4, -0.2) is 58.3 Å². The molecular weight excluding hydrogens is 376 g/mol. The van der Waals surface area contributed by atoms with E-state index in [1.165, 1.54) is 4.90 Å². The molecule has 0 aliphatic carbocycles. The number of carbonyl (C=O) groups excluding carboxylic acids is 1.